The second-order valence-electron chi connectivity index (χ2n) is 5.43. The number of nitrogens with zero attached hydrogens (tertiary/aromatic N) is 2. The second-order valence-corrected chi connectivity index (χ2v) is 5.43. The first kappa shape index (κ1) is 17.2. The predicted octanol–water partition coefficient (Wildman–Crippen LogP) is 4.48. The summed E-state index contributed by atoms with van der Waals surface area (Å²) in [6, 6.07) is 15.6. The lowest BCUT2D eigenvalue weighted by atomic mass is 10.2. The maximum absolute atomic E-state index is 12.9. The lowest BCUT2D eigenvalue weighted by molar-refractivity contribution is 0.414. The highest BCUT2D eigenvalue weighted by Crippen LogP contribution is 2.20. The minimum absolute atomic E-state index is 0.164. The standard InChI is InChI=1S/C20H16FN3O2/c1-25-17-4-2-3-14(11-17)7-10-19-24-18(12-22)20(26-19)23-13-15-5-8-16(21)9-6-15/h2-11,23H,13H2,1H3/b10-7+. The minimum atomic E-state index is -0.295. The van der Waals surface area contributed by atoms with Crippen molar-refractivity contribution in [1.29, 1.82) is 5.26 Å². The van der Waals surface area contributed by atoms with Crippen LogP contribution in [0.4, 0.5) is 10.3 Å². The third-order valence-corrected chi connectivity index (χ3v) is 3.63. The van der Waals surface area contributed by atoms with E-state index in [9.17, 15) is 9.65 Å². The molecule has 0 bridgehead atoms. The van der Waals surface area contributed by atoms with Crippen molar-refractivity contribution in [1.82, 2.24) is 4.98 Å². The molecule has 3 rings (SSSR count). The molecule has 0 aliphatic rings. The van der Waals surface area contributed by atoms with Crippen LogP contribution < -0.4 is 10.1 Å². The molecule has 0 aliphatic heterocycles. The van der Waals surface area contributed by atoms with Gasteiger partial charge in [-0.15, -0.1) is 0 Å². The van der Waals surface area contributed by atoms with Crippen LogP contribution in [-0.4, -0.2) is 12.1 Å². The Morgan fingerprint density at radius 1 is 1.23 bits per heavy atom. The van der Waals surface area contributed by atoms with E-state index in [1.165, 1.54) is 12.1 Å². The molecule has 0 fully saturated rings. The predicted molar refractivity (Wildman–Crippen MR) is 96.9 cm³/mol. The second kappa shape index (κ2) is 7.99. The van der Waals surface area contributed by atoms with Crippen molar-refractivity contribution < 1.29 is 13.5 Å². The van der Waals surface area contributed by atoms with E-state index in [1.807, 2.05) is 36.4 Å². The van der Waals surface area contributed by atoms with Gasteiger partial charge < -0.3 is 14.5 Å². The lowest BCUT2D eigenvalue weighted by Crippen LogP contribution is -1.99. The van der Waals surface area contributed by atoms with E-state index in [-0.39, 0.29) is 17.4 Å². The van der Waals surface area contributed by atoms with Crippen molar-refractivity contribution in [2.75, 3.05) is 12.4 Å². The summed E-state index contributed by atoms with van der Waals surface area (Å²) in [4.78, 5) is 4.14. The molecule has 2 aromatic carbocycles. The molecular weight excluding hydrogens is 333 g/mol. The van der Waals surface area contributed by atoms with Crippen LogP contribution in [0.3, 0.4) is 0 Å². The highest BCUT2D eigenvalue weighted by Gasteiger charge is 2.11. The van der Waals surface area contributed by atoms with Gasteiger partial charge in [0.25, 0.3) is 0 Å². The van der Waals surface area contributed by atoms with Crippen LogP contribution in [0.2, 0.25) is 0 Å². The number of anilines is 1. The van der Waals surface area contributed by atoms with Gasteiger partial charge in [-0.1, -0.05) is 24.3 Å². The first-order valence-corrected chi connectivity index (χ1v) is 7.89. The highest BCUT2D eigenvalue weighted by atomic mass is 19.1. The molecule has 0 aliphatic carbocycles. The maximum atomic E-state index is 12.9. The van der Waals surface area contributed by atoms with Gasteiger partial charge in [-0.3, -0.25) is 0 Å². The first-order chi connectivity index (χ1) is 12.7. The number of ether oxygens (including phenoxy) is 1. The maximum Gasteiger partial charge on any atom is 0.232 e. The fourth-order valence-electron chi connectivity index (χ4n) is 2.30. The molecule has 0 saturated heterocycles. The topological polar surface area (TPSA) is 71.1 Å². The quantitative estimate of drug-likeness (QED) is 0.710. The van der Waals surface area contributed by atoms with Gasteiger partial charge in [-0.05, 0) is 41.5 Å². The van der Waals surface area contributed by atoms with Gasteiger partial charge in [-0.25, -0.2) is 4.39 Å². The Labute approximate surface area is 150 Å². The fraction of sp³-hybridized carbons (Fsp3) is 0.100. The molecule has 1 heterocycles. The Hall–Kier alpha value is -3.59. The number of aromatic nitrogens is 1. The summed E-state index contributed by atoms with van der Waals surface area (Å²) in [6.07, 6.45) is 3.50. The molecule has 0 spiro atoms. The lowest BCUT2D eigenvalue weighted by Gasteiger charge is -2.02. The Morgan fingerprint density at radius 3 is 2.77 bits per heavy atom. The normalized spacial score (nSPS) is 10.7. The first-order valence-electron chi connectivity index (χ1n) is 7.89. The fourth-order valence-corrected chi connectivity index (χ4v) is 2.30. The number of halogens is 1. The Bertz CT molecular complexity index is 956. The van der Waals surface area contributed by atoms with Gasteiger partial charge in [0.1, 0.15) is 17.6 Å². The SMILES string of the molecule is COc1cccc(/C=C/c2nc(C#N)c(NCc3ccc(F)cc3)o2)c1. The molecule has 0 radical (unpaired) electrons. The Balaban J connectivity index is 1.72. The number of methoxy groups -OCH3 is 1. The molecule has 0 saturated carbocycles. The molecule has 6 heteroatoms. The molecule has 5 nitrogen and oxygen atoms in total. The molecule has 26 heavy (non-hydrogen) atoms. The van der Waals surface area contributed by atoms with Crippen LogP contribution in [0.25, 0.3) is 12.2 Å². The number of nitriles is 1. The van der Waals surface area contributed by atoms with Crippen molar-refractivity contribution in [3.8, 4) is 11.8 Å². The zero-order valence-corrected chi connectivity index (χ0v) is 14.1. The number of rotatable bonds is 6. The zero-order valence-electron chi connectivity index (χ0n) is 14.1. The van der Waals surface area contributed by atoms with Crippen LogP contribution in [0.5, 0.6) is 5.75 Å². The summed E-state index contributed by atoms with van der Waals surface area (Å²) in [5, 5.41) is 12.2. The van der Waals surface area contributed by atoms with E-state index in [4.69, 9.17) is 9.15 Å². The van der Waals surface area contributed by atoms with Gasteiger partial charge in [0, 0.05) is 12.6 Å². The molecule has 130 valence electrons. The number of nitrogens with one attached hydrogen (secondary N) is 1. The van der Waals surface area contributed by atoms with Crippen molar-refractivity contribution in [3.05, 3.63) is 77.1 Å². The van der Waals surface area contributed by atoms with Crippen molar-refractivity contribution in [3.63, 3.8) is 0 Å². The Kier molecular flexibility index (Phi) is 5.30. The summed E-state index contributed by atoms with van der Waals surface area (Å²) in [5.74, 6) is 1.04. The van der Waals surface area contributed by atoms with E-state index < -0.39 is 0 Å². The zero-order chi connectivity index (χ0) is 18.4. The molecule has 0 atom stereocenters. The van der Waals surface area contributed by atoms with Gasteiger partial charge in [0.15, 0.2) is 0 Å². The highest BCUT2D eigenvalue weighted by molar-refractivity contribution is 5.67. The molecule has 0 unspecified atom stereocenters. The summed E-state index contributed by atoms with van der Waals surface area (Å²) in [7, 11) is 1.61. The number of oxazole rings is 1. The summed E-state index contributed by atoms with van der Waals surface area (Å²) in [5.41, 5.74) is 1.94. The Morgan fingerprint density at radius 2 is 2.04 bits per heavy atom. The van der Waals surface area contributed by atoms with E-state index >= 15 is 0 Å². The molecule has 1 aromatic heterocycles. The van der Waals surface area contributed by atoms with E-state index in [2.05, 4.69) is 10.3 Å². The number of hydrogen-bond donors (Lipinski definition) is 1. The molecule has 0 amide bonds. The van der Waals surface area contributed by atoms with Crippen molar-refractivity contribution in [2.24, 2.45) is 0 Å². The van der Waals surface area contributed by atoms with E-state index in [1.54, 1.807) is 25.3 Å². The van der Waals surface area contributed by atoms with Crippen molar-refractivity contribution in [2.45, 2.75) is 6.54 Å². The van der Waals surface area contributed by atoms with Gasteiger partial charge >= 0.3 is 0 Å². The van der Waals surface area contributed by atoms with Crippen molar-refractivity contribution >= 4 is 18.0 Å². The van der Waals surface area contributed by atoms with Gasteiger partial charge in [0.05, 0.1) is 7.11 Å². The number of benzene rings is 2. The number of hydrogen-bond acceptors (Lipinski definition) is 5. The monoisotopic (exact) mass is 349 g/mol. The van der Waals surface area contributed by atoms with Crippen LogP contribution in [0.15, 0.2) is 52.9 Å². The van der Waals surface area contributed by atoms with E-state index in [0.717, 1.165) is 16.9 Å². The molecular formula is C20H16FN3O2. The van der Waals surface area contributed by atoms with Gasteiger partial charge in [0.2, 0.25) is 17.5 Å². The summed E-state index contributed by atoms with van der Waals surface area (Å²) in [6.45, 7) is 0.392. The largest absolute Gasteiger partial charge is 0.497 e. The van der Waals surface area contributed by atoms with Gasteiger partial charge in [-0.2, -0.15) is 10.2 Å². The smallest absolute Gasteiger partial charge is 0.232 e. The molecule has 3 aromatic rings. The summed E-state index contributed by atoms with van der Waals surface area (Å²) < 4.78 is 23.7. The molecule has 1 N–H and O–H groups in total. The third kappa shape index (κ3) is 4.28. The minimum Gasteiger partial charge on any atom is -0.497 e. The van der Waals surface area contributed by atoms with E-state index in [0.29, 0.717) is 12.4 Å². The van der Waals surface area contributed by atoms with Crippen LogP contribution >= 0.6 is 0 Å². The third-order valence-electron chi connectivity index (χ3n) is 3.63. The average Bonchev–Trinajstić information content (AvgIpc) is 3.08. The van der Waals surface area contributed by atoms with Crippen LogP contribution in [-0.2, 0) is 6.54 Å². The summed E-state index contributed by atoms with van der Waals surface area (Å²) >= 11 is 0. The van der Waals surface area contributed by atoms with Crippen LogP contribution in [0.1, 0.15) is 22.7 Å². The average molecular weight is 349 g/mol. The van der Waals surface area contributed by atoms with Crippen LogP contribution in [0, 0.1) is 17.1 Å².